The summed E-state index contributed by atoms with van der Waals surface area (Å²) in [4.78, 5) is 45.3. The van der Waals surface area contributed by atoms with E-state index in [0.717, 1.165) is 34.4 Å². The molecular weight excluding hydrogens is 535 g/mol. The number of carbonyl (C=O) groups excluding carboxylic acids is 2. The molecule has 2 aromatic heterocycles. The van der Waals surface area contributed by atoms with Crippen molar-refractivity contribution in [2.45, 2.75) is 17.6 Å². The van der Waals surface area contributed by atoms with Crippen molar-refractivity contribution in [3.8, 4) is 0 Å². The molecule has 0 radical (unpaired) electrons. The van der Waals surface area contributed by atoms with E-state index in [0.29, 0.717) is 11.3 Å². The summed E-state index contributed by atoms with van der Waals surface area (Å²) >= 11 is 2.28. The average Bonchev–Trinajstić information content (AvgIpc) is 3.45. The Kier molecular flexibility index (Phi) is 6.52. The summed E-state index contributed by atoms with van der Waals surface area (Å²) in [7, 11) is 0. The van der Waals surface area contributed by atoms with E-state index in [2.05, 4.69) is 24.8 Å². The summed E-state index contributed by atoms with van der Waals surface area (Å²) in [5.41, 5.74) is 4.71. The van der Waals surface area contributed by atoms with Gasteiger partial charge in [-0.15, -0.1) is 23.1 Å². The molecule has 2 aliphatic rings. The summed E-state index contributed by atoms with van der Waals surface area (Å²) in [6.07, 6.45) is -0.988. The zero-order chi connectivity index (χ0) is 25.5. The van der Waals surface area contributed by atoms with Crippen molar-refractivity contribution in [1.82, 2.24) is 24.6 Å². The number of halogens is 3. The number of thioether (sulfide) groups is 1. The molecule has 1 saturated heterocycles. The van der Waals surface area contributed by atoms with E-state index in [9.17, 15) is 32.7 Å². The van der Waals surface area contributed by atoms with E-state index < -0.39 is 46.1 Å². The minimum absolute atomic E-state index is 0.0208. The second-order valence-corrected chi connectivity index (χ2v) is 9.79. The van der Waals surface area contributed by atoms with Crippen molar-refractivity contribution in [3.05, 3.63) is 39.3 Å². The molecule has 35 heavy (non-hydrogen) atoms. The zero-order valence-corrected chi connectivity index (χ0v) is 19.3. The highest BCUT2D eigenvalue weighted by molar-refractivity contribution is 8.00. The number of allylic oxidation sites excluding steroid dienone is 1. The molecule has 1 fully saturated rings. The van der Waals surface area contributed by atoms with E-state index in [1.54, 1.807) is 0 Å². The van der Waals surface area contributed by atoms with Crippen LogP contribution in [0.4, 0.5) is 18.3 Å². The lowest BCUT2D eigenvalue weighted by Gasteiger charge is -2.49. The lowest BCUT2D eigenvalue weighted by atomic mass is 10.0. The molecule has 5 N–H and O–H groups in total. The van der Waals surface area contributed by atoms with Crippen LogP contribution in [-0.4, -0.2) is 70.2 Å². The Labute approximate surface area is 205 Å². The number of aliphatic carboxylic acids is 1. The largest absolute Gasteiger partial charge is 0.477 e. The SMILES string of the molecule is Nc1nc(C(=NO)C(=O)NC2C(=O)N3C(C(=O)O)=C(C=Cc4cnc(C(F)(F)F)s4)CS[C@@H]23)ns1. The fourth-order valence-corrected chi connectivity index (χ4v) is 5.62. The molecule has 2 atom stereocenters. The van der Waals surface area contributed by atoms with Crippen molar-refractivity contribution in [2.75, 3.05) is 11.5 Å². The Morgan fingerprint density at radius 1 is 1.34 bits per heavy atom. The number of nitrogens with two attached hydrogens (primary N) is 1. The van der Waals surface area contributed by atoms with Gasteiger partial charge in [0.2, 0.25) is 11.5 Å². The second-order valence-electron chi connectivity index (χ2n) is 6.84. The number of hydrogen-bond acceptors (Lipinski definition) is 12. The van der Waals surface area contributed by atoms with Crippen molar-refractivity contribution >= 4 is 69.3 Å². The highest BCUT2D eigenvalue weighted by atomic mass is 32.2. The molecule has 12 nitrogen and oxygen atoms in total. The maximum atomic E-state index is 12.7. The lowest BCUT2D eigenvalue weighted by molar-refractivity contribution is -0.150. The first kappa shape index (κ1) is 24.6. The summed E-state index contributed by atoms with van der Waals surface area (Å²) in [5, 5.41) is 22.3. The first-order valence-electron chi connectivity index (χ1n) is 9.26. The number of oxime groups is 1. The van der Waals surface area contributed by atoms with Crippen molar-refractivity contribution in [3.63, 3.8) is 0 Å². The van der Waals surface area contributed by atoms with Crippen LogP contribution in [0.15, 0.2) is 28.7 Å². The molecule has 0 spiro atoms. The Balaban J connectivity index is 1.51. The second kappa shape index (κ2) is 9.27. The number of nitrogens with one attached hydrogen (secondary N) is 1. The minimum atomic E-state index is -4.59. The van der Waals surface area contributed by atoms with Gasteiger partial charge < -0.3 is 21.4 Å². The van der Waals surface area contributed by atoms with Gasteiger partial charge in [-0.2, -0.15) is 22.5 Å². The third-order valence-electron chi connectivity index (χ3n) is 4.67. The van der Waals surface area contributed by atoms with Crippen molar-refractivity contribution in [1.29, 1.82) is 0 Å². The molecule has 2 aliphatic heterocycles. The number of β-lactam (4-membered cyclic amide) rings is 1. The van der Waals surface area contributed by atoms with Crippen molar-refractivity contribution in [2.24, 2.45) is 5.16 Å². The summed E-state index contributed by atoms with van der Waals surface area (Å²) in [6, 6.07) is -1.13. The maximum Gasteiger partial charge on any atom is 0.443 e. The monoisotopic (exact) mass is 547 g/mol. The Hall–Kier alpha value is -3.51. The molecular formula is C17H12F3N7O5S3. The standard InChI is InChI=1S/C17H12F3N7O5S3/c18-17(19,20)15-22-3-6(34-15)2-1-5-4-33-13-8(12(29)27(13)9(5)14(30)31)23-11(28)7(25-32)10-24-16(21)35-26-10/h1-3,8,13,32H,4H2,(H,23,28)(H,30,31)(H2,21,24,26)/t8?,13-/m0/s1. The first-order chi connectivity index (χ1) is 16.5. The summed E-state index contributed by atoms with van der Waals surface area (Å²) in [5.74, 6) is -3.29. The number of alkyl halides is 3. The number of amides is 2. The van der Waals surface area contributed by atoms with Crippen LogP contribution in [-0.2, 0) is 20.6 Å². The highest BCUT2D eigenvalue weighted by Gasteiger charge is 2.54. The van der Waals surface area contributed by atoms with Crippen LogP contribution in [0.3, 0.4) is 0 Å². The molecule has 0 aliphatic carbocycles. The average molecular weight is 548 g/mol. The third-order valence-corrected chi connectivity index (χ3v) is 7.52. The number of aromatic nitrogens is 3. The Morgan fingerprint density at radius 3 is 2.66 bits per heavy atom. The van der Waals surface area contributed by atoms with Gasteiger partial charge in [0.25, 0.3) is 11.8 Å². The number of carbonyl (C=O) groups is 3. The topological polar surface area (TPSA) is 184 Å². The molecule has 0 bridgehead atoms. The smallest absolute Gasteiger partial charge is 0.443 e. The van der Waals surface area contributed by atoms with Crippen LogP contribution >= 0.6 is 34.6 Å². The number of carboxylic acid groups (broad SMARTS) is 1. The molecule has 184 valence electrons. The molecule has 18 heteroatoms. The van der Waals surface area contributed by atoms with E-state index >= 15 is 0 Å². The Bertz CT molecular complexity index is 1300. The number of nitrogen functional groups attached to an aromatic ring is 1. The van der Waals surface area contributed by atoms with E-state index in [4.69, 9.17) is 10.9 Å². The van der Waals surface area contributed by atoms with Crippen LogP contribution in [0.5, 0.6) is 0 Å². The fourth-order valence-electron chi connectivity index (χ4n) is 3.18. The van der Waals surface area contributed by atoms with Crippen LogP contribution in [0, 0.1) is 0 Å². The lowest BCUT2D eigenvalue weighted by Crippen LogP contribution is -2.71. The van der Waals surface area contributed by atoms with Crippen LogP contribution < -0.4 is 11.1 Å². The Morgan fingerprint density at radius 2 is 2.09 bits per heavy atom. The molecule has 0 saturated carbocycles. The number of anilines is 1. The van der Waals surface area contributed by atoms with Gasteiger partial charge in [0.15, 0.2) is 10.1 Å². The van der Waals surface area contributed by atoms with Crippen molar-refractivity contribution < 1.29 is 37.9 Å². The summed E-state index contributed by atoms with van der Waals surface area (Å²) < 4.78 is 42.0. The number of carboxylic acids is 1. The fraction of sp³-hybridized carbons (Fsp3) is 0.235. The molecule has 4 rings (SSSR count). The predicted molar refractivity (Wildman–Crippen MR) is 118 cm³/mol. The number of thiazole rings is 1. The molecule has 2 aromatic rings. The van der Waals surface area contributed by atoms with Gasteiger partial charge in [-0.3, -0.25) is 14.5 Å². The van der Waals surface area contributed by atoms with Gasteiger partial charge in [0.1, 0.15) is 17.1 Å². The normalized spacial score (nSPS) is 20.7. The molecule has 4 heterocycles. The first-order valence-corrected chi connectivity index (χ1v) is 11.9. The van der Waals surface area contributed by atoms with Gasteiger partial charge in [0, 0.05) is 28.4 Å². The minimum Gasteiger partial charge on any atom is -0.477 e. The number of nitrogens with zero attached hydrogens (tertiary/aromatic N) is 5. The summed E-state index contributed by atoms with van der Waals surface area (Å²) in [6.45, 7) is 0. The van der Waals surface area contributed by atoms with E-state index in [-0.39, 0.29) is 32.9 Å². The van der Waals surface area contributed by atoms with Gasteiger partial charge in [-0.05, 0) is 11.6 Å². The zero-order valence-electron chi connectivity index (χ0n) is 16.9. The van der Waals surface area contributed by atoms with Gasteiger partial charge in [0.05, 0.1) is 0 Å². The van der Waals surface area contributed by atoms with Gasteiger partial charge in [-0.1, -0.05) is 11.2 Å². The molecule has 0 aromatic carbocycles. The van der Waals surface area contributed by atoms with Crippen LogP contribution in [0.25, 0.3) is 6.08 Å². The van der Waals surface area contributed by atoms with Gasteiger partial charge >= 0.3 is 12.1 Å². The van der Waals surface area contributed by atoms with E-state index in [1.165, 1.54) is 12.2 Å². The highest BCUT2D eigenvalue weighted by Crippen LogP contribution is 2.41. The molecule has 1 unspecified atom stereocenters. The molecule has 2 amide bonds. The maximum absolute atomic E-state index is 12.7. The van der Waals surface area contributed by atoms with Crippen LogP contribution in [0.1, 0.15) is 15.7 Å². The van der Waals surface area contributed by atoms with Crippen LogP contribution in [0.2, 0.25) is 0 Å². The third kappa shape index (κ3) is 4.71. The van der Waals surface area contributed by atoms with E-state index in [1.807, 2.05) is 0 Å². The van der Waals surface area contributed by atoms with Gasteiger partial charge in [-0.25, -0.2) is 9.78 Å². The number of hydrogen-bond donors (Lipinski definition) is 4. The number of rotatable bonds is 6. The quantitative estimate of drug-likeness (QED) is 0.177. The predicted octanol–water partition coefficient (Wildman–Crippen LogP) is 1.23. The number of fused-ring (bicyclic) bond motifs is 1.